The minimum absolute atomic E-state index is 0.0806. The van der Waals surface area contributed by atoms with Crippen LogP contribution in [0.15, 0.2) is 66.7 Å². The predicted molar refractivity (Wildman–Crippen MR) is 120 cm³/mol. The summed E-state index contributed by atoms with van der Waals surface area (Å²) < 4.78 is 16.5. The normalized spacial score (nSPS) is 10.8. The minimum atomic E-state index is -0.0806. The number of rotatable bonds is 8. The van der Waals surface area contributed by atoms with Crippen molar-refractivity contribution in [1.29, 1.82) is 0 Å². The van der Waals surface area contributed by atoms with Crippen LogP contribution in [0.4, 0.5) is 0 Å². The van der Waals surface area contributed by atoms with Gasteiger partial charge in [0.05, 0.1) is 14.2 Å². The van der Waals surface area contributed by atoms with Gasteiger partial charge in [-0.1, -0.05) is 23.7 Å². The number of methoxy groups -OCH3 is 2. The molecule has 154 valence electrons. The van der Waals surface area contributed by atoms with Crippen molar-refractivity contribution in [2.24, 2.45) is 0 Å². The number of hydrogen-bond donors (Lipinski definition) is 0. The van der Waals surface area contributed by atoms with Crippen molar-refractivity contribution in [3.63, 3.8) is 0 Å². The molecule has 0 N–H and O–H groups in total. The van der Waals surface area contributed by atoms with Crippen molar-refractivity contribution < 1.29 is 19.0 Å². The highest BCUT2D eigenvalue weighted by molar-refractivity contribution is 6.31. The predicted octanol–water partition coefficient (Wildman–Crippen LogP) is 6.14. The SMILES string of the molecule is COc1ccc(C(=O)/C=C/c2ccc(OC)c(COc3ccc(Cl)c(C)c3)c2)cc1. The fraction of sp³-hybridized carbons (Fsp3) is 0.160. The molecule has 3 aromatic carbocycles. The number of carbonyl (C=O) groups is 1. The van der Waals surface area contributed by atoms with Crippen LogP contribution < -0.4 is 14.2 Å². The van der Waals surface area contributed by atoms with Gasteiger partial charge in [-0.2, -0.15) is 0 Å². The van der Waals surface area contributed by atoms with Gasteiger partial charge >= 0.3 is 0 Å². The zero-order chi connectivity index (χ0) is 21.5. The summed E-state index contributed by atoms with van der Waals surface area (Å²) in [4.78, 5) is 12.4. The Morgan fingerprint density at radius 2 is 1.67 bits per heavy atom. The average Bonchev–Trinajstić information content (AvgIpc) is 2.78. The molecule has 0 aliphatic rings. The number of hydrogen-bond acceptors (Lipinski definition) is 4. The van der Waals surface area contributed by atoms with E-state index >= 15 is 0 Å². The van der Waals surface area contributed by atoms with Crippen LogP contribution in [-0.4, -0.2) is 20.0 Å². The lowest BCUT2D eigenvalue weighted by molar-refractivity contribution is 0.104. The maximum absolute atomic E-state index is 12.4. The molecule has 0 radical (unpaired) electrons. The van der Waals surface area contributed by atoms with Gasteiger partial charge in [0.25, 0.3) is 0 Å². The standard InChI is InChI=1S/C25H23ClO4/c1-17-14-22(10-11-23(17)26)30-16-20-15-18(5-13-25(20)29-3)4-12-24(27)19-6-8-21(28-2)9-7-19/h4-15H,16H2,1-3H3/b12-4+. The van der Waals surface area contributed by atoms with Crippen LogP contribution >= 0.6 is 11.6 Å². The molecule has 0 saturated heterocycles. The van der Waals surface area contributed by atoms with E-state index in [0.717, 1.165) is 28.2 Å². The second kappa shape index (κ2) is 9.99. The maximum Gasteiger partial charge on any atom is 0.185 e. The number of ether oxygens (including phenoxy) is 3. The van der Waals surface area contributed by atoms with E-state index < -0.39 is 0 Å². The first-order chi connectivity index (χ1) is 14.5. The van der Waals surface area contributed by atoms with Gasteiger partial charge in [-0.05, 0) is 78.7 Å². The van der Waals surface area contributed by atoms with Gasteiger partial charge < -0.3 is 14.2 Å². The molecule has 3 rings (SSSR count). The number of carbonyl (C=O) groups excluding carboxylic acids is 1. The third-order valence-electron chi connectivity index (χ3n) is 4.63. The van der Waals surface area contributed by atoms with Crippen molar-refractivity contribution >= 4 is 23.5 Å². The molecule has 4 nitrogen and oxygen atoms in total. The van der Waals surface area contributed by atoms with E-state index in [4.69, 9.17) is 25.8 Å². The van der Waals surface area contributed by atoms with Crippen LogP contribution in [0.3, 0.4) is 0 Å². The van der Waals surface area contributed by atoms with Crippen molar-refractivity contribution in [2.45, 2.75) is 13.5 Å². The molecule has 0 amide bonds. The lowest BCUT2D eigenvalue weighted by atomic mass is 10.1. The summed E-state index contributed by atoms with van der Waals surface area (Å²) in [6.07, 6.45) is 3.33. The van der Waals surface area contributed by atoms with Crippen LogP contribution in [0.25, 0.3) is 6.08 Å². The second-order valence-electron chi connectivity index (χ2n) is 6.70. The van der Waals surface area contributed by atoms with Crippen LogP contribution in [0.2, 0.25) is 5.02 Å². The molecule has 0 aliphatic carbocycles. The molecule has 0 aliphatic heterocycles. The highest BCUT2D eigenvalue weighted by atomic mass is 35.5. The number of halogens is 1. The van der Waals surface area contributed by atoms with Crippen molar-refractivity contribution in [3.05, 3.63) is 94.0 Å². The average molecular weight is 423 g/mol. The highest BCUT2D eigenvalue weighted by Crippen LogP contribution is 2.25. The number of ketones is 1. The molecule has 0 atom stereocenters. The molecule has 0 aromatic heterocycles. The monoisotopic (exact) mass is 422 g/mol. The third kappa shape index (κ3) is 5.43. The van der Waals surface area contributed by atoms with Crippen molar-refractivity contribution in [1.82, 2.24) is 0 Å². The molecular formula is C25H23ClO4. The first kappa shape index (κ1) is 21.5. The highest BCUT2D eigenvalue weighted by Gasteiger charge is 2.07. The first-order valence-corrected chi connectivity index (χ1v) is 9.80. The zero-order valence-electron chi connectivity index (χ0n) is 17.1. The molecule has 0 unspecified atom stereocenters. The fourth-order valence-corrected chi connectivity index (χ4v) is 3.02. The Morgan fingerprint density at radius 1 is 0.933 bits per heavy atom. The summed E-state index contributed by atoms with van der Waals surface area (Å²) in [6, 6.07) is 18.3. The lowest BCUT2D eigenvalue weighted by Gasteiger charge is -2.12. The number of aryl methyl sites for hydroxylation is 1. The third-order valence-corrected chi connectivity index (χ3v) is 5.05. The molecule has 0 heterocycles. The van der Waals surface area contributed by atoms with E-state index in [9.17, 15) is 4.79 Å². The maximum atomic E-state index is 12.4. The van der Waals surface area contributed by atoms with Gasteiger partial charge in [0.2, 0.25) is 0 Å². The largest absolute Gasteiger partial charge is 0.497 e. The van der Waals surface area contributed by atoms with E-state index in [1.165, 1.54) is 0 Å². The Labute approximate surface area is 181 Å². The molecule has 3 aromatic rings. The second-order valence-corrected chi connectivity index (χ2v) is 7.10. The summed E-state index contributed by atoms with van der Waals surface area (Å²) in [6.45, 7) is 2.26. The quantitative estimate of drug-likeness (QED) is 0.323. The number of benzene rings is 3. The summed E-state index contributed by atoms with van der Waals surface area (Å²) in [5, 5.41) is 0.702. The van der Waals surface area contributed by atoms with E-state index in [0.29, 0.717) is 22.9 Å². The molecule has 30 heavy (non-hydrogen) atoms. The van der Waals surface area contributed by atoms with Gasteiger partial charge in [-0.25, -0.2) is 0 Å². The Hall–Kier alpha value is -3.24. The topological polar surface area (TPSA) is 44.8 Å². The van der Waals surface area contributed by atoms with Gasteiger partial charge in [-0.3, -0.25) is 4.79 Å². The van der Waals surface area contributed by atoms with Gasteiger partial charge in [-0.15, -0.1) is 0 Å². The Morgan fingerprint density at radius 3 is 2.33 bits per heavy atom. The van der Waals surface area contributed by atoms with E-state index in [1.807, 2.05) is 43.3 Å². The Bertz CT molecular complexity index is 1060. The van der Waals surface area contributed by atoms with E-state index in [1.54, 1.807) is 50.6 Å². The molecule has 5 heteroatoms. The van der Waals surface area contributed by atoms with Crippen LogP contribution in [0.5, 0.6) is 17.2 Å². The van der Waals surface area contributed by atoms with Gasteiger partial charge in [0, 0.05) is 16.1 Å². The summed E-state index contributed by atoms with van der Waals surface area (Å²) in [7, 11) is 3.21. The minimum Gasteiger partial charge on any atom is -0.497 e. The van der Waals surface area contributed by atoms with Crippen LogP contribution in [-0.2, 0) is 6.61 Å². The first-order valence-electron chi connectivity index (χ1n) is 9.42. The van der Waals surface area contributed by atoms with E-state index in [2.05, 4.69) is 0 Å². The Kier molecular flexibility index (Phi) is 7.15. The van der Waals surface area contributed by atoms with Crippen LogP contribution in [0.1, 0.15) is 27.0 Å². The lowest BCUT2D eigenvalue weighted by Crippen LogP contribution is -2.00. The number of allylic oxidation sites excluding steroid dienone is 1. The Balaban J connectivity index is 1.73. The molecule has 0 bridgehead atoms. The zero-order valence-corrected chi connectivity index (χ0v) is 17.9. The van der Waals surface area contributed by atoms with Gasteiger partial charge in [0.15, 0.2) is 5.78 Å². The molecule has 0 spiro atoms. The fourth-order valence-electron chi connectivity index (χ4n) is 2.91. The summed E-state index contributed by atoms with van der Waals surface area (Å²) >= 11 is 6.07. The van der Waals surface area contributed by atoms with Crippen LogP contribution in [0, 0.1) is 6.92 Å². The summed E-state index contributed by atoms with van der Waals surface area (Å²) in [5.41, 5.74) is 3.31. The molecular weight excluding hydrogens is 400 g/mol. The summed E-state index contributed by atoms with van der Waals surface area (Å²) in [5.74, 6) is 2.09. The van der Waals surface area contributed by atoms with Crippen molar-refractivity contribution in [2.75, 3.05) is 14.2 Å². The molecule has 0 saturated carbocycles. The smallest absolute Gasteiger partial charge is 0.185 e. The molecule has 0 fully saturated rings. The van der Waals surface area contributed by atoms with E-state index in [-0.39, 0.29) is 5.78 Å². The van der Waals surface area contributed by atoms with Gasteiger partial charge in [0.1, 0.15) is 23.9 Å². The van der Waals surface area contributed by atoms with Crippen molar-refractivity contribution in [3.8, 4) is 17.2 Å².